The van der Waals surface area contributed by atoms with Crippen LogP contribution < -0.4 is 5.32 Å². The fourth-order valence-electron chi connectivity index (χ4n) is 0.961. The second-order valence-electron chi connectivity index (χ2n) is 2.47. The van der Waals surface area contributed by atoms with Crippen molar-refractivity contribution in [2.24, 2.45) is 5.11 Å². The standard InChI is InChI=1S/C8H8N4O2/c1-10-8(14)6-3-2-5(11-12-9)4-7(6)13/h2-4,13H,1H3,(H,10,14). The van der Waals surface area contributed by atoms with Crippen molar-refractivity contribution in [3.05, 3.63) is 34.2 Å². The fourth-order valence-corrected chi connectivity index (χ4v) is 0.961. The molecule has 0 bridgehead atoms. The zero-order valence-corrected chi connectivity index (χ0v) is 7.43. The molecular formula is C8H8N4O2. The Morgan fingerprint density at radius 1 is 1.64 bits per heavy atom. The highest BCUT2D eigenvalue weighted by Crippen LogP contribution is 2.23. The first-order chi connectivity index (χ1) is 6.69. The third-order valence-corrected chi connectivity index (χ3v) is 1.61. The van der Waals surface area contributed by atoms with Crippen LogP contribution >= 0.6 is 0 Å². The molecule has 2 N–H and O–H groups in total. The highest BCUT2D eigenvalue weighted by Gasteiger charge is 2.08. The molecule has 0 spiro atoms. The van der Waals surface area contributed by atoms with E-state index in [1.54, 1.807) is 0 Å². The number of carbonyl (C=O) groups excluding carboxylic acids is 1. The highest BCUT2D eigenvalue weighted by molar-refractivity contribution is 5.97. The lowest BCUT2D eigenvalue weighted by Gasteiger charge is -2.02. The van der Waals surface area contributed by atoms with Crippen molar-refractivity contribution in [2.75, 3.05) is 7.05 Å². The number of azide groups is 1. The number of nitrogens with one attached hydrogen (secondary N) is 1. The number of aromatic hydroxyl groups is 1. The first-order valence-electron chi connectivity index (χ1n) is 3.79. The molecule has 0 radical (unpaired) electrons. The van der Waals surface area contributed by atoms with E-state index in [0.29, 0.717) is 0 Å². The molecule has 0 atom stereocenters. The second kappa shape index (κ2) is 4.15. The van der Waals surface area contributed by atoms with Gasteiger partial charge in [0.1, 0.15) is 5.75 Å². The topological polar surface area (TPSA) is 98.1 Å². The minimum Gasteiger partial charge on any atom is -0.507 e. The molecule has 14 heavy (non-hydrogen) atoms. The lowest BCUT2D eigenvalue weighted by molar-refractivity contribution is 0.0960. The van der Waals surface area contributed by atoms with Gasteiger partial charge in [-0.2, -0.15) is 0 Å². The lowest BCUT2D eigenvalue weighted by atomic mass is 10.1. The number of amides is 1. The van der Waals surface area contributed by atoms with Crippen molar-refractivity contribution in [1.29, 1.82) is 0 Å². The molecule has 0 fully saturated rings. The summed E-state index contributed by atoms with van der Waals surface area (Å²) in [6, 6.07) is 4.06. The zero-order valence-electron chi connectivity index (χ0n) is 7.43. The van der Waals surface area contributed by atoms with Crippen molar-refractivity contribution < 1.29 is 9.90 Å². The van der Waals surface area contributed by atoms with E-state index in [1.165, 1.54) is 25.2 Å². The molecule has 0 heterocycles. The Morgan fingerprint density at radius 2 is 2.36 bits per heavy atom. The quantitative estimate of drug-likeness (QED) is 0.423. The van der Waals surface area contributed by atoms with Gasteiger partial charge in [0.25, 0.3) is 5.91 Å². The Balaban J connectivity index is 3.13. The summed E-state index contributed by atoms with van der Waals surface area (Å²) < 4.78 is 0. The monoisotopic (exact) mass is 192 g/mol. The third kappa shape index (κ3) is 1.94. The van der Waals surface area contributed by atoms with Crippen molar-refractivity contribution in [2.45, 2.75) is 0 Å². The Kier molecular flexibility index (Phi) is 2.93. The third-order valence-electron chi connectivity index (χ3n) is 1.61. The Labute approximate surface area is 79.8 Å². The molecule has 72 valence electrons. The largest absolute Gasteiger partial charge is 0.507 e. The summed E-state index contributed by atoms with van der Waals surface area (Å²) >= 11 is 0. The Bertz CT molecular complexity index is 410. The van der Waals surface area contributed by atoms with E-state index in [2.05, 4.69) is 15.3 Å². The van der Waals surface area contributed by atoms with Gasteiger partial charge in [-0.05, 0) is 17.7 Å². The molecular weight excluding hydrogens is 184 g/mol. The van der Waals surface area contributed by atoms with Gasteiger partial charge in [0.15, 0.2) is 0 Å². The summed E-state index contributed by atoms with van der Waals surface area (Å²) in [4.78, 5) is 13.7. The molecule has 0 aliphatic rings. The number of carbonyl (C=O) groups is 1. The average Bonchev–Trinajstić information content (AvgIpc) is 2.17. The molecule has 1 aromatic rings. The molecule has 0 aliphatic heterocycles. The maximum Gasteiger partial charge on any atom is 0.254 e. The van der Waals surface area contributed by atoms with Crippen molar-refractivity contribution >= 4 is 11.6 Å². The summed E-state index contributed by atoms with van der Waals surface area (Å²) in [5, 5.41) is 15.0. The van der Waals surface area contributed by atoms with Gasteiger partial charge in [-0.15, -0.1) is 0 Å². The number of hydrogen-bond donors (Lipinski definition) is 2. The first kappa shape index (κ1) is 9.88. The SMILES string of the molecule is CNC(=O)c1ccc(N=[N+]=[N-])cc1O. The van der Waals surface area contributed by atoms with Gasteiger partial charge < -0.3 is 10.4 Å². The van der Waals surface area contributed by atoms with E-state index in [0.717, 1.165) is 0 Å². The van der Waals surface area contributed by atoms with Crippen LogP contribution in [0.1, 0.15) is 10.4 Å². The van der Waals surface area contributed by atoms with Crippen LogP contribution in [0.25, 0.3) is 10.4 Å². The van der Waals surface area contributed by atoms with Crippen LogP contribution in [0.4, 0.5) is 5.69 Å². The number of hydrogen-bond acceptors (Lipinski definition) is 3. The van der Waals surface area contributed by atoms with Crippen LogP contribution in [0.5, 0.6) is 5.75 Å². The number of phenolic OH excluding ortho intramolecular Hbond substituents is 1. The van der Waals surface area contributed by atoms with Crippen LogP contribution in [0.15, 0.2) is 23.3 Å². The molecule has 1 rings (SSSR count). The molecule has 6 nitrogen and oxygen atoms in total. The fraction of sp³-hybridized carbons (Fsp3) is 0.125. The van der Waals surface area contributed by atoms with Gasteiger partial charge >= 0.3 is 0 Å². The summed E-state index contributed by atoms with van der Waals surface area (Å²) in [6.45, 7) is 0. The van der Waals surface area contributed by atoms with E-state index in [4.69, 9.17) is 5.53 Å². The molecule has 0 saturated heterocycles. The van der Waals surface area contributed by atoms with Gasteiger partial charge in [0.05, 0.1) is 5.56 Å². The second-order valence-corrected chi connectivity index (χ2v) is 2.47. The van der Waals surface area contributed by atoms with Crippen LogP contribution in [0.3, 0.4) is 0 Å². The van der Waals surface area contributed by atoms with Gasteiger partial charge in [-0.25, -0.2) is 0 Å². The molecule has 1 amide bonds. The number of nitrogens with zero attached hydrogens (tertiary/aromatic N) is 3. The highest BCUT2D eigenvalue weighted by atomic mass is 16.3. The first-order valence-corrected chi connectivity index (χ1v) is 3.79. The summed E-state index contributed by atoms with van der Waals surface area (Å²) in [5.41, 5.74) is 8.54. The minimum atomic E-state index is -0.394. The number of phenols is 1. The predicted molar refractivity (Wildman–Crippen MR) is 50.3 cm³/mol. The van der Waals surface area contributed by atoms with E-state index in [-0.39, 0.29) is 17.0 Å². The van der Waals surface area contributed by atoms with Gasteiger partial charge in [-0.3, -0.25) is 4.79 Å². The van der Waals surface area contributed by atoms with E-state index in [9.17, 15) is 9.90 Å². The summed E-state index contributed by atoms with van der Waals surface area (Å²) in [6.07, 6.45) is 0. The maximum absolute atomic E-state index is 11.1. The molecule has 0 unspecified atom stereocenters. The zero-order chi connectivity index (χ0) is 10.6. The van der Waals surface area contributed by atoms with Crippen molar-refractivity contribution in [3.63, 3.8) is 0 Å². The smallest absolute Gasteiger partial charge is 0.254 e. The minimum absolute atomic E-state index is 0.143. The van der Waals surface area contributed by atoms with Crippen LogP contribution in [0, 0.1) is 0 Å². The van der Waals surface area contributed by atoms with Gasteiger partial charge in [0.2, 0.25) is 0 Å². The van der Waals surface area contributed by atoms with Gasteiger partial charge in [-0.1, -0.05) is 11.2 Å². The van der Waals surface area contributed by atoms with Crippen molar-refractivity contribution in [1.82, 2.24) is 5.32 Å². The maximum atomic E-state index is 11.1. The lowest BCUT2D eigenvalue weighted by Crippen LogP contribution is -2.17. The van der Waals surface area contributed by atoms with Crippen LogP contribution in [-0.4, -0.2) is 18.1 Å². The Morgan fingerprint density at radius 3 is 2.86 bits per heavy atom. The number of rotatable bonds is 2. The van der Waals surface area contributed by atoms with E-state index < -0.39 is 5.91 Å². The Hall–Kier alpha value is -2.20. The predicted octanol–water partition coefficient (Wildman–Crippen LogP) is 1.69. The van der Waals surface area contributed by atoms with Crippen LogP contribution in [0.2, 0.25) is 0 Å². The average molecular weight is 192 g/mol. The summed E-state index contributed by atoms with van der Waals surface area (Å²) in [7, 11) is 1.46. The molecule has 6 heteroatoms. The van der Waals surface area contributed by atoms with E-state index in [1.807, 2.05) is 0 Å². The molecule has 0 aliphatic carbocycles. The number of benzene rings is 1. The molecule has 0 aromatic heterocycles. The molecule has 1 aromatic carbocycles. The molecule has 0 saturated carbocycles. The normalized spacial score (nSPS) is 8.93. The van der Waals surface area contributed by atoms with Gasteiger partial charge in [0, 0.05) is 17.6 Å². The van der Waals surface area contributed by atoms with E-state index >= 15 is 0 Å². The summed E-state index contributed by atoms with van der Waals surface area (Å²) in [5.74, 6) is -0.607. The van der Waals surface area contributed by atoms with Crippen molar-refractivity contribution in [3.8, 4) is 5.75 Å². The van der Waals surface area contributed by atoms with Crippen LogP contribution in [-0.2, 0) is 0 Å².